The average Bonchev–Trinajstić information content (AvgIpc) is 2.05. The summed E-state index contributed by atoms with van der Waals surface area (Å²) < 4.78 is 40.1. The molecular formula is C10H9BrF3O. The first-order chi connectivity index (χ1) is 6.81. The van der Waals surface area contributed by atoms with Crippen LogP contribution in [0.4, 0.5) is 13.2 Å². The van der Waals surface area contributed by atoms with E-state index in [1.807, 2.05) is 0 Å². The Morgan fingerprint density at radius 2 is 2.00 bits per heavy atom. The zero-order valence-electron chi connectivity index (χ0n) is 7.94. The summed E-state index contributed by atoms with van der Waals surface area (Å²) in [5.41, 5.74) is 0.678. The highest BCUT2D eigenvalue weighted by atomic mass is 79.9. The van der Waals surface area contributed by atoms with Crippen LogP contribution in [-0.2, 0) is 0 Å². The molecule has 0 fully saturated rings. The van der Waals surface area contributed by atoms with E-state index >= 15 is 0 Å². The Morgan fingerprint density at radius 1 is 1.40 bits per heavy atom. The van der Waals surface area contributed by atoms with Crippen LogP contribution in [0.2, 0.25) is 0 Å². The molecule has 0 bridgehead atoms. The molecule has 1 unspecified atom stereocenters. The van der Waals surface area contributed by atoms with Crippen LogP contribution in [0.3, 0.4) is 0 Å². The van der Waals surface area contributed by atoms with Gasteiger partial charge in [0, 0.05) is 0 Å². The van der Waals surface area contributed by atoms with Gasteiger partial charge in [-0.2, -0.15) is 0 Å². The number of hydrogen-bond acceptors (Lipinski definition) is 1. The maximum atomic E-state index is 12.0. The SMILES string of the molecule is [CH2]C(C)c1cccc(OC(F)(F)F)c1Br. The molecule has 1 aromatic rings. The molecule has 0 saturated carbocycles. The van der Waals surface area contributed by atoms with Gasteiger partial charge in [-0.15, -0.1) is 13.2 Å². The Hall–Kier alpha value is -0.710. The van der Waals surface area contributed by atoms with Gasteiger partial charge in [0.1, 0.15) is 5.75 Å². The molecule has 0 aliphatic heterocycles. The third kappa shape index (κ3) is 3.41. The molecule has 0 spiro atoms. The van der Waals surface area contributed by atoms with Crippen LogP contribution in [0.15, 0.2) is 22.7 Å². The zero-order valence-corrected chi connectivity index (χ0v) is 9.52. The zero-order chi connectivity index (χ0) is 11.6. The number of halogens is 4. The summed E-state index contributed by atoms with van der Waals surface area (Å²) in [6.45, 7) is 5.53. The lowest BCUT2D eigenvalue weighted by Gasteiger charge is -2.14. The van der Waals surface area contributed by atoms with Crippen LogP contribution in [0.1, 0.15) is 18.4 Å². The first-order valence-corrected chi connectivity index (χ1v) is 4.98. The summed E-state index contributed by atoms with van der Waals surface area (Å²) in [6.07, 6.45) is -4.68. The van der Waals surface area contributed by atoms with Gasteiger partial charge in [-0.3, -0.25) is 0 Å². The standard InChI is InChI=1S/C10H9BrF3O/c1-6(2)7-4-3-5-8(9(7)11)15-10(12,13)14/h3-6H,1H2,2H3. The lowest BCUT2D eigenvalue weighted by molar-refractivity contribution is -0.274. The lowest BCUT2D eigenvalue weighted by Crippen LogP contribution is -2.17. The third-order valence-electron chi connectivity index (χ3n) is 1.75. The second-order valence-electron chi connectivity index (χ2n) is 3.11. The largest absolute Gasteiger partial charge is 0.573 e. The van der Waals surface area contributed by atoms with Gasteiger partial charge >= 0.3 is 6.36 Å². The van der Waals surface area contributed by atoms with Crippen LogP contribution in [0.5, 0.6) is 5.75 Å². The second kappa shape index (κ2) is 4.43. The van der Waals surface area contributed by atoms with Gasteiger partial charge in [0.05, 0.1) is 4.47 Å². The molecule has 1 nitrogen and oxygen atoms in total. The molecule has 0 aromatic heterocycles. The van der Waals surface area contributed by atoms with Gasteiger partial charge in [-0.25, -0.2) is 0 Å². The molecule has 1 radical (unpaired) electrons. The predicted molar refractivity (Wildman–Crippen MR) is 54.6 cm³/mol. The number of rotatable bonds is 2. The van der Waals surface area contributed by atoms with Crippen LogP contribution in [0, 0.1) is 6.92 Å². The Balaban J connectivity index is 3.05. The molecule has 0 aliphatic rings. The fourth-order valence-electron chi connectivity index (χ4n) is 1.11. The van der Waals surface area contributed by atoms with Crippen molar-refractivity contribution in [1.82, 2.24) is 0 Å². The molecule has 0 heterocycles. The summed E-state index contributed by atoms with van der Waals surface area (Å²) in [5.74, 6) is -0.355. The van der Waals surface area contributed by atoms with Crippen molar-refractivity contribution in [3.63, 3.8) is 0 Å². The van der Waals surface area contributed by atoms with Gasteiger partial charge in [0.2, 0.25) is 0 Å². The van der Waals surface area contributed by atoms with Crippen molar-refractivity contribution in [2.75, 3.05) is 0 Å². The molecule has 0 amide bonds. The number of hydrogen-bond donors (Lipinski definition) is 0. The van der Waals surface area contributed by atoms with Crippen LogP contribution in [-0.4, -0.2) is 6.36 Å². The van der Waals surface area contributed by atoms with Crippen LogP contribution in [0.25, 0.3) is 0 Å². The van der Waals surface area contributed by atoms with Gasteiger partial charge in [0.25, 0.3) is 0 Å². The normalized spacial score (nSPS) is 11.9. The lowest BCUT2D eigenvalue weighted by atomic mass is 10.0. The fourth-order valence-corrected chi connectivity index (χ4v) is 1.85. The molecular weight excluding hydrogens is 273 g/mol. The molecule has 1 atom stereocenters. The molecule has 83 valence electrons. The molecule has 0 saturated heterocycles. The van der Waals surface area contributed by atoms with E-state index in [-0.39, 0.29) is 11.7 Å². The number of ether oxygens (including phenoxy) is 1. The van der Waals surface area contributed by atoms with Crippen molar-refractivity contribution in [3.8, 4) is 5.75 Å². The first kappa shape index (κ1) is 12.4. The summed E-state index contributed by atoms with van der Waals surface area (Å²) in [5, 5.41) is 0. The Morgan fingerprint density at radius 3 is 2.47 bits per heavy atom. The Labute approximate surface area is 94.4 Å². The molecule has 0 aliphatic carbocycles. The van der Waals surface area contributed by atoms with E-state index in [9.17, 15) is 13.2 Å². The average molecular weight is 282 g/mol. The van der Waals surface area contributed by atoms with Crippen molar-refractivity contribution in [2.24, 2.45) is 0 Å². The van der Waals surface area contributed by atoms with Gasteiger partial charge in [-0.05, 0) is 40.4 Å². The minimum atomic E-state index is -4.68. The third-order valence-corrected chi connectivity index (χ3v) is 2.60. The fraction of sp³-hybridized carbons (Fsp3) is 0.300. The Bertz CT molecular complexity index is 347. The van der Waals surface area contributed by atoms with E-state index in [2.05, 4.69) is 27.6 Å². The minimum absolute atomic E-state index is 0.115. The molecule has 1 aromatic carbocycles. The van der Waals surface area contributed by atoms with Crippen molar-refractivity contribution < 1.29 is 17.9 Å². The van der Waals surface area contributed by atoms with E-state index < -0.39 is 6.36 Å². The maximum Gasteiger partial charge on any atom is 0.573 e. The van der Waals surface area contributed by atoms with Crippen molar-refractivity contribution >= 4 is 15.9 Å². The summed E-state index contributed by atoms with van der Waals surface area (Å²) >= 11 is 3.07. The first-order valence-electron chi connectivity index (χ1n) is 4.18. The van der Waals surface area contributed by atoms with E-state index in [4.69, 9.17) is 0 Å². The minimum Gasteiger partial charge on any atom is -0.405 e. The molecule has 15 heavy (non-hydrogen) atoms. The maximum absolute atomic E-state index is 12.0. The highest BCUT2D eigenvalue weighted by Gasteiger charge is 2.32. The highest BCUT2D eigenvalue weighted by molar-refractivity contribution is 9.10. The van der Waals surface area contributed by atoms with Gasteiger partial charge in [-0.1, -0.05) is 19.1 Å². The van der Waals surface area contributed by atoms with E-state index in [0.717, 1.165) is 0 Å². The van der Waals surface area contributed by atoms with Crippen molar-refractivity contribution in [3.05, 3.63) is 35.2 Å². The quantitative estimate of drug-likeness (QED) is 0.786. The molecule has 5 heteroatoms. The smallest absolute Gasteiger partial charge is 0.405 e. The molecule has 1 rings (SSSR count). The monoisotopic (exact) mass is 281 g/mol. The van der Waals surface area contributed by atoms with Gasteiger partial charge < -0.3 is 4.74 Å². The van der Waals surface area contributed by atoms with Gasteiger partial charge in [0.15, 0.2) is 0 Å². The molecule has 0 N–H and O–H groups in total. The van der Waals surface area contributed by atoms with Crippen LogP contribution < -0.4 is 4.74 Å². The topological polar surface area (TPSA) is 9.23 Å². The van der Waals surface area contributed by atoms with Crippen molar-refractivity contribution in [1.29, 1.82) is 0 Å². The number of alkyl halides is 3. The second-order valence-corrected chi connectivity index (χ2v) is 3.90. The van der Waals surface area contributed by atoms with E-state index in [0.29, 0.717) is 10.0 Å². The van der Waals surface area contributed by atoms with E-state index in [1.165, 1.54) is 12.1 Å². The predicted octanol–water partition coefficient (Wildman–Crippen LogP) is 4.29. The summed E-state index contributed by atoms with van der Waals surface area (Å²) in [6, 6.07) is 4.46. The van der Waals surface area contributed by atoms with Crippen LogP contribution >= 0.6 is 15.9 Å². The highest BCUT2D eigenvalue weighted by Crippen LogP contribution is 2.35. The van der Waals surface area contributed by atoms with E-state index in [1.54, 1.807) is 13.0 Å². The Kier molecular flexibility index (Phi) is 3.65. The summed E-state index contributed by atoms with van der Waals surface area (Å²) in [4.78, 5) is 0. The summed E-state index contributed by atoms with van der Waals surface area (Å²) in [7, 11) is 0. The number of benzene rings is 1. The van der Waals surface area contributed by atoms with Crippen molar-refractivity contribution in [2.45, 2.75) is 19.2 Å².